The number of halogens is 1. The summed E-state index contributed by atoms with van der Waals surface area (Å²) in [6, 6.07) is 5.43. The third-order valence-electron chi connectivity index (χ3n) is 2.63. The maximum absolute atomic E-state index is 11.8. The van der Waals surface area contributed by atoms with Crippen LogP contribution in [0, 0.1) is 6.92 Å². The maximum Gasteiger partial charge on any atom is 0.234 e. The van der Waals surface area contributed by atoms with Crippen molar-refractivity contribution in [1.82, 2.24) is 15.2 Å². The highest BCUT2D eigenvalue weighted by Gasteiger charge is 2.08. The van der Waals surface area contributed by atoms with Crippen molar-refractivity contribution in [3.05, 3.63) is 34.6 Å². The molecule has 0 aliphatic heterocycles. The van der Waals surface area contributed by atoms with Gasteiger partial charge in [0.25, 0.3) is 0 Å². The number of benzene rings is 1. The van der Waals surface area contributed by atoms with Crippen LogP contribution in [0.5, 0.6) is 0 Å². The Bertz CT molecular complexity index is 614. The van der Waals surface area contributed by atoms with Gasteiger partial charge in [0, 0.05) is 17.1 Å². The highest BCUT2D eigenvalue weighted by Crippen LogP contribution is 2.20. The first-order valence-electron chi connectivity index (χ1n) is 6.18. The van der Waals surface area contributed by atoms with Crippen LogP contribution in [0.3, 0.4) is 0 Å². The van der Waals surface area contributed by atoms with Crippen LogP contribution in [-0.2, 0) is 11.2 Å². The summed E-state index contributed by atoms with van der Waals surface area (Å²) in [5.41, 5.74) is 1.67. The first-order valence-corrected chi connectivity index (χ1v) is 7.55. The minimum atomic E-state index is -0.113. The van der Waals surface area contributed by atoms with Gasteiger partial charge in [-0.1, -0.05) is 36.4 Å². The summed E-state index contributed by atoms with van der Waals surface area (Å²) in [7, 11) is 0. The fourth-order valence-electron chi connectivity index (χ4n) is 1.50. The van der Waals surface area contributed by atoms with Crippen LogP contribution in [0.1, 0.15) is 18.3 Å². The Labute approximate surface area is 126 Å². The van der Waals surface area contributed by atoms with Gasteiger partial charge in [-0.2, -0.15) is 0 Å². The lowest BCUT2D eigenvalue weighted by Crippen LogP contribution is -2.14. The summed E-state index contributed by atoms with van der Waals surface area (Å²) < 4.78 is 0. The molecule has 20 heavy (non-hydrogen) atoms. The van der Waals surface area contributed by atoms with Gasteiger partial charge in [0.2, 0.25) is 11.1 Å². The third-order valence-corrected chi connectivity index (χ3v) is 3.89. The van der Waals surface area contributed by atoms with E-state index in [1.807, 2.05) is 26.0 Å². The van der Waals surface area contributed by atoms with Gasteiger partial charge in [0.15, 0.2) is 0 Å². The molecule has 106 valence electrons. The molecule has 0 radical (unpaired) electrons. The van der Waals surface area contributed by atoms with E-state index in [-0.39, 0.29) is 11.7 Å². The third kappa shape index (κ3) is 3.98. The number of rotatable bonds is 5. The van der Waals surface area contributed by atoms with Crippen molar-refractivity contribution < 1.29 is 4.79 Å². The van der Waals surface area contributed by atoms with Crippen molar-refractivity contribution in [2.24, 2.45) is 0 Å². The normalized spacial score (nSPS) is 10.6. The lowest BCUT2D eigenvalue weighted by Gasteiger charge is -2.05. The number of aromatic nitrogens is 3. The van der Waals surface area contributed by atoms with Crippen LogP contribution in [0.2, 0.25) is 5.02 Å². The summed E-state index contributed by atoms with van der Waals surface area (Å²) in [6.07, 6.45) is 0.793. The first-order chi connectivity index (χ1) is 9.58. The van der Waals surface area contributed by atoms with Crippen molar-refractivity contribution in [3.63, 3.8) is 0 Å². The zero-order chi connectivity index (χ0) is 14.5. The molecule has 0 fully saturated rings. The molecule has 1 heterocycles. The van der Waals surface area contributed by atoms with E-state index in [2.05, 4.69) is 20.5 Å². The molecule has 1 aromatic carbocycles. The van der Waals surface area contributed by atoms with Crippen LogP contribution in [0.25, 0.3) is 0 Å². The number of amides is 1. The van der Waals surface area contributed by atoms with Gasteiger partial charge in [-0.3, -0.25) is 9.89 Å². The van der Waals surface area contributed by atoms with E-state index in [4.69, 9.17) is 11.6 Å². The Morgan fingerprint density at radius 2 is 2.30 bits per heavy atom. The number of hydrogen-bond donors (Lipinski definition) is 2. The number of thioether (sulfide) groups is 1. The molecule has 0 saturated carbocycles. The number of anilines is 1. The molecule has 2 aromatic rings. The van der Waals surface area contributed by atoms with Gasteiger partial charge in [-0.05, 0) is 24.6 Å². The van der Waals surface area contributed by atoms with E-state index in [0.717, 1.165) is 17.8 Å². The molecule has 2 rings (SSSR count). The summed E-state index contributed by atoms with van der Waals surface area (Å²) in [4.78, 5) is 16.0. The van der Waals surface area contributed by atoms with Gasteiger partial charge >= 0.3 is 0 Å². The minimum Gasteiger partial charge on any atom is -0.325 e. The Morgan fingerprint density at radius 3 is 2.95 bits per heavy atom. The predicted molar refractivity (Wildman–Crippen MR) is 81.3 cm³/mol. The summed E-state index contributed by atoms with van der Waals surface area (Å²) in [5.74, 6) is 0.961. The van der Waals surface area contributed by atoms with Gasteiger partial charge in [0.1, 0.15) is 5.82 Å². The van der Waals surface area contributed by atoms with Crippen LogP contribution in [0.4, 0.5) is 5.69 Å². The lowest BCUT2D eigenvalue weighted by molar-refractivity contribution is -0.113. The molecule has 1 aromatic heterocycles. The molecule has 7 heteroatoms. The monoisotopic (exact) mass is 310 g/mol. The number of hydrogen-bond acceptors (Lipinski definition) is 4. The smallest absolute Gasteiger partial charge is 0.234 e. The number of nitrogens with zero attached hydrogens (tertiary/aromatic N) is 2. The Hall–Kier alpha value is -1.53. The number of aryl methyl sites for hydroxylation is 2. The van der Waals surface area contributed by atoms with Gasteiger partial charge in [-0.15, -0.1) is 5.10 Å². The Balaban J connectivity index is 1.87. The van der Waals surface area contributed by atoms with E-state index >= 15 is 0 Å². The second kappa shape index (κ2) is 6.76. The van der Waals surface area contributed by atoms with E-state index in [0.29, 0.717) is 15.9 Å². The molecular weight excluding hydrogens is 296 g/mol. The standard InChI is InChI=1S/C13H15ClN4OS/c1-3-11-16-13(18-17-11)20-7-12(19)15-9-5-4-8(2)10(14)6-9/h4-6H,3,7H2,1-2H3,(H,15,19)(H,16,17,18). The van der Waals surface area contributed by atoms with Crippen LogP contribution < -0.4 is 5.32 Å². The molecule has 0 unspecified atom stereocenters. The highest BCUT2D eigenvalue weighted by molar-refractivity contribution is 7.99. The SMILES string of the molecule is CCc1nc(SCC(=O)Nc2ccc(C)c(Cl)c2)n[nH]1. The molecule has 0 saturated heterocycles. The average molecular weight is 311 g/mol. The van der Waals surface area contributed by atoms with Gasteiger partial charge in [-0.25, -0.2) is 4.98 Å². The zero-order valence-corrected chi connectivity index (χ0v) is 12.8. The van der Waals surface area contributed by atoms with Crippen LogP contribution in [0.15, 0.2) is 23.4 Å². The molecular formula is C13H15ClN4OS. The lowest BCUT2D eigenvalue weighted by atomic mass is 10.2. The zero-order valence-electron chi connectivity index (χ0n) is 11.2. The average Bonchev–Trinajstić information content (AvgIpc) is 2.89. The van der Waals surface area contributed by atoms with E-state index in [9.17, 15) is 4.79 Å². The van der Waals surface area contributed by atoms with Crippen molar-refractivity contribution in [2.75, 3.05) is 11.1 Å². The summed E-state index contributed by atoms with van der Waals surface area (Å²) in [5, 5.41) is 10.8. The number of carbonyl (C=O) groups is 1. The molecule has 0 atom stereocenters. The van der Waals surface area contributed by atoms with Gasteiger partial charge < -0.3 is 5.32 Å². The Morgan fingerprint density at radius 1 is 1.50 bits per heavy atom. The molecule has 0 aliphatic rings. The Kier molecular flexibility index (Phi) is 5.03. The number of carbonyl (C=O) groups excluding carboxylic acids is 1. The number of H-pyrrole nitrogens is 1. The summed E-state index contributed by atoms with van der Waals surface area (Å²) >= 11 is 7.30. The van der Waals surface area contributed by atoms with Gasteiger partial charge in [0.05, 0.1) is 5.75 Å². The predicted octanol–water partition coefficient (Wildman–Crippen LogP) is 3.06. The number of nitrogens with one attached hydrogen (secondary N) is 2. The fraction of sp³-hybridized carbons (Fsp3) is 0.308. The van der Waals surface area contributed by atoms with E-state index in [1.165, 1.54) is 11.8 Å². The maximum atomic E-state index is 11.8. The summed E-state index contributed by atoms with van der Waals surface area (Å²) in [6.45, 7) is 3.90. The van der Waals surface area contributed by atoms with Crippen molar-refractivity contribution >= 4 is 35.0 Å². The fourth-order valence-corrected chi connectivity index (χ4v) is 2.30. The highest BCUT2D eigenvalue weighted by atomic mass is 35.5. The quantitative estimate of drug-likeness (QED) is 0.833. The second-order valence-electron chi connectivity index (χ2n) is 4.22. The molecule has 2 N–H and O–H groups in total. The minimum absolute atomic E-state index is 0.113. The molecule has 1 amide bonds. The van der Waals surface area contributed by atoms with Crippen molar-refractivity contribution in [3.8, 4) is 0 Å². The van der Waals surface area contributed by atoms with Crippen molar-refractivity contribution in [2.45, 2.75) is 25.4 Å². The van der Waals surface area contributed by atoms with Crippen molar-refractivity contribution in [1.29, 1.82) is 0 Å². The number of aromatic amines is 1. The van der Waals surface area contributed by atoms with E-state index in [1.54, 1.807) is 6.07 Å². The van der Waals surface area contributed by atoms with Crippen LogP contribution in [-0.4, -0.2) is 26.8 Å². The van der Waals surface area contributed by atoms with Crippen LogP contribution >= 0.6 is 23.4 Å². The second-order valence-corrected chi connectivity index (χ2v) is 5.57. The first kappa shape index (κ1) is 14.9. The largest absolute Gasteiger partial charge is 0.325 e. The molecule has 0 aliphatic carbocycles. The molecule has 5 nitrogen and oxygen atoms in total. The van der Waals surface area contributed by atoms with E-state index < -0.39 is 0 Å². The molecule has 0 spiro atoms. The molecule has 0 bridgehead atoms. The topological polar surface area (TPSA) is 70.7 Å².